The molecule has 3 nitrogen and oxygen atoms in total. The van der Waals surface area contributed by atoms with Gasteiger partial charge in [0.25, 0.3) is 0 Å². The summed E-state index contributed by atoms with van der Waals surface area (Å²) in [5.74, 6) is 1.74. The number of methoxy groups -OCH3 is 1. The van der Waals surface area contributed by atoms with Gasteiger partial charge < -0.3 is 14.5 Å². The van der Waals surface area contributed by atoms with E-state index in [0.29, 0.717) is 0 Å². The molecule has 16 heavy (non-hydrogen) atoms. The second-order valence-electron chi connectivity index (χ2n) is 3.48. The van der Waals surface area contributed by atoms with Gasteiger partial charge in [0, 0.05) is 5.56 Å². The van der Waals surface area contributed by atoms with Crippen molar-refractivity contribution in [3.05, 3.63) is 54.0 Å². The van der Waals surface area contributed by atoms with Gasteiger partial charge in [-0.25, -0.2) is 0 Å². The maximum atomic E-state index is 5.42. The van der Waals surface area contributed by atoms with Crippen molar-refractivity contribution in [3.8, 4) is 5.75 Å². The molecule has 0 saturated heterocycles. The van der Waals surface area contributed by atoms with Crippen LogP contribution in [0.5, 0.6) is 5.75 Å². The Balaban J connectivity index is 2.41. The fourth-order valence-corrected chi connectivity index (χ4v) is 1.81. The van der Waals surface area contributed by atoms with Crippen LogP contribution < -0.4 is 10.1 Å². The highest BCUT2D eigenvalue weighted by atomic mass is 16.5. The predicted molar refractivity (Wildman–Crippen MR) is 62.6 cm³/mol. The lowest BCUT2D eigenvalue weighted by atomic mass is 10.0. The second-order valence-corrected chi connectivity index (χ2v) is 3.48. The van der Waals surface area contributed by atoms with Crippen LogP contribution >= 0.6 is 0 Å². The number of furan rings is 1. The Bertz CT molecular complexity index is 437. The van der Waals surface area contributed by atoms with E-state index in [9.17, 15) is 0 Å². The molecule has 3 heteroatoms. The van der Waals surface area contributed by atoms with Crippen molar-refractivity contribution >= 4 is 0 Å². The second kappa shape index (κ2) is 4.86. The summed E-state index contributed by atoms with van der Waals surface area (Å²) in [6, 6.07) is 11.8. The first-order valence-electron chi connectivity index (χ1n) is 5.20. The zero-order valence-electron chi connectivity index (χ0n) is 9.44. The minimum atomic E-state index is 0.0196. The number of ether oxygens (including phenoxy) is 1. The van der Waals surface area contributed by atoms with Crippen LogP contribution in [0.3, 0.4) is 0 Å². The molecule has 1 aromatic carbocycles. The van der Waals surface area contributed by atoms with Gasteiger partial charge in [-0.05, 0) is 25.2 Å². The van der Waals surface area contributed by atoms with Gasteiger partial charge in [-0.1, -0.05) is 18.2 Å². The SMILES string of the molecule is CNC(c1ccco1)c1ccccc1OC. The van der Waals surface area contributed by atoms with E-state index < -0.39 is 0 Å². The molecule has 0 spiro atoms. The molecule has 1 unspecified atom stereocenters. The molecule has 2 aromatic rings. The van der Waals surface area contributed by atoms with Gasteiger partial charge in [0.2, 0.25) is 0 Å². The standard InChI is InChI=1S/C13H15NO2/c1-14-13(12-8-5-9-16-12)10-6-3-4-7-11(10)15-2/h3-9,13-14H,1-2H3. The van der Waals surface area contributed by atoms with Crippen molar-refractivity contribution < 1.29 is 9.15 Å². The van der Waals surface area contributed by atoms with Crippen LogP contribution in [0, 0.1) is 0 Å². The first-order valence-corrected chi connectivity index (χ1v) is 5.20. The summed E-state index contributed by atoms with van der Waals surface area (Å²) in [5.41, 5.74) is 1.07. The third kappa shape index (κ3) is 1.95. The van der Waals surface area contributed by atoms with Gasteiger partial charge in [0.1, 0.15) is 11.5 Å². The zero-order valence-corrected chi connectivity index (χ0v) is 9.44. The van der Waals surface area contributed by atoms with Gasteiger partial charge >= 0.3 is 0 Å². The van der Waals surface area contributed by atoms with Gasteiger partial charge in [0.15, 0.2) is 0 Å². The molecule has 0 aliphatic rings. The highest BCUT2D eigenvalue weighted by Crippen LogP contribution is 2.29. The summed E-state index contributed by atoms with van der Waals surface area (Å²) in [7, 11) is 3.58. The van der Waals surface area contributed by atoms with Crippen LogP contribution in [0.25, 0.3) is 0 Å². The van der Waals surface area contributed by atoms with Gasteiger partial charge in [-0.3, -0.25) is 0 Å². The smallest absolute Gasteiger partial charge is 0.125 e. The van der Waals surface area contributed by atoms with Crippen molar-refractivity contribution in [1.29, 1.82) is 0 Å². The van der Waals surface area contributed by atoms with Gasteiger partial charge in [0.05, 0.1) is 19.4 Å². The Labute approximate surface area is 95.0 Å². The first kappa shape index (κ1) is 10.8. The highest BCUT2D eigenvalue weighted by molar-refractivity contribution is 5.39. The van der Waals surface area contributed by atoms with E-state index in [1.807, 2.05) is 43.4 Å². The van der Waals surface area contributed by atoms with E-state index in [2.05, 4.69) is 5.32 Å². The Morgan fingerprint density at radius 2 is 2.00 bits per heavy atom. The van der Waals surface area contributed by atoms with Crippen LogP contribution in [-0.2, 0) is 0 Å². The number of para-hydroxylation sites is 1. The number of hydrogen-bond acceptors (Lipinski definition) is 3. The molecule has 0 aliphatic carbocycles. The lowest BCUT2D eigenvalue weighted by Gasteiger charge is -2.17. The topological polar surface area (TPSA) is 34.4 Å². The lowest BCUT2D eigenvalue weighted by molar-refractivity contribution is 0.397. The quantitative estimate of drug-likeness (QED) is 0.854. The van der Waals surface area contributed by atoms with E-state index >= 15 is 0 Å². The molecule has 2 rings (SSSR count). The fraction of sp³-hybridized carbons (Fsp3) is 0.231. The van der Waals surface area contributed by atoms with Crippen LogP contribution in [0.4, 0.5) is 0 Å². The van der Waals surface area contributed by atoms with Gasteiger partial charge in [-0.15, -0.1) is 0 Å². The van der Waals surface area contributed by atoms with Crippen molar-refractivity contribution in [2.75, 3.05) is 14.2 Å². The summed E-state index contributed by atoms with van der Waals surface area (Å²) in [5, 5.41) is 3.22. The molecule has 1 aromatic heterocycles. The molecule has 0 fully saturated rings. The summed E-state index contributed by atoms with van der Waals surface area (Å²) >= 11 is 0. The maximum Gasteiger partial charge on any atom is 0.125 e. The molecule has 1 heterocycles. The van der Waals surface area contributed by atoms with E-state index in [1.54, 1.807) is 13.4 Å². The van der Waals surface area contributed by atoms with E-state index in [0.717, 1.165) is 17.1 Å². The number of hydrogen-bond donors (Lipinski definition) is 1. The molecule has 0 bridgehead atoms. The largest absolute Gasteiger partial charge is 0.496 e. The summed E-state index contributed by atoms with van der Waals surface area (Å²) in [6.45, 7) is 0. The monoisotopic (exact) mass is 217 g/mol. The summed E-state index contributed by atoms with van der Waals surface area (Å²) < 4.78 is 10.8. The molecule has 84 valence electrons. The molecule has 0 saturated carbocycles. The lowest BCUT2D eigenvalue weighted by Crippen LogP contribution is -2.17. The molecule has 0 amide bonds. The Hall–Kier alpha value is -1.74. The van der Waals surface area contributed by atoms with Crippen molar-refractivity contribution in [3.63, 3.8) is 0 Å². The normalized spacial score (nSPS) is 12.4. The molecular weight excluding hydrogens is 202 g/mol. The maximum absolute atomic E-state index is 5.42. The van der Waals surface area contributed by atoms with Crippen LogP contribution in [0.2, 0.25) is 0 Å². The fourth-order valence-electron chi connectivity index (χ4n) is 1.81. The average molecular weight is 217 g/mol. The van der Waals surface area contributed by atoms with E-state index in [-0.39, 0.29) is 6.04 Å². The Kier molecular flexibility index (Phi) is 3.27. The van der Waals surface area contributed by atoms with Crippen molar-refractivity contribution in [2.45, 2.75) is 6.04 Å². The first-order chi connectivity index (χ1) is 7.86. The number of nitrogens with one attached hydrogen (secondary N) is 1. The van der Waals surface area contributed by atoms with Crippen LogP contribution in [0.1, 0.15) is 17.4 Å². The van der Waals surface area contributed by atoms with Crippen LogP contribution in [0.15, 0.2) is 47.1 Å². The Morgan fingerprint density at radius 1 is 1.19 bits per heavy atom. The minimum Gasteiger partial charge on any atom is -0.496 e. The molecule has 0 radical (unpaired) electrons. The van der Waals surface area contributed by atoms with E-state index in [4.69, 9.17) is 9.15 Å². The number of rotatable bonds is 4. The molecule has 0 aliphatic heterocycles. The minimum absolute atomic E-state index is 0.0196. The third-order valence-electron chi connectivity index (χ3n) is 2.57. The summed E-state index contributed by atoms with van der Waals surface area (Å²) in [6.07, 6.45) is 1.68. The number of benzene rings is 1. The van der Waals surface area contributed by atoms with Crippen molar-refractivity contribution in [1.82, 2.24) is 5.32 Å². The Morgan fingerprint density at radius 3 is 2.62 bits per heavy atom. The average Bonchev–Trinajstić information content (AvgIpc) is 2.84. The van der Waals surface area contributed by atoms with E-state index in [1.165, 1.54) is 0 Å². The van der Waals surface area contributed by atoms with Crippen LogP contribution in [-0.4, -0.2) is 14.2 Å². The molecule has 1 atom stereocenters. The van der Waals surface area contributed by atoms with Crippen molar-refractivity contribution in [2.24, 2.45) is 0 Å². The van der Waals surface area contributed by atoms with Gasteiger partial charge in [-0.2, -0.15) is 0 Å². The molecule has 1 N–H and O–H groups in total. The molecular formula is C13H15NO2. The predicted octanol–water partition coefficient (Wildman–Crippen LogP) is 2.60. The third-order valence-corrected chi connectivity index (χ3v) is 2.57. The highest BCUT2D eigenvalue weighted by Gasteiger charge is 2.17. The zero-order chi connectivity index (χ0) is 11.4. The summed E-state index contributed by atoms with van der Waals surface area (Å²) in [4.78, 5) is 0.